The van der Waals surface area contributed by atoms with Gasteiger partial charge in [0.1, 0.15) is 5.78 Å². The van der Waals surface area contributed by atoms with E-state index in [2.05, 4.69) is 72.4 Å². The van der Waals surface area contributed by atoms with Gasteiger partial charge in [0.25, 0.3) is 0 Å². The van der Waals surface area contributed by atoms with Gasteiger partial charge in [-0.1, -0.05) is 42.5 Å². The molecule has 0 bridgehead atoms. The van der Waals surface area contributed by atoms with Gasteiger partial charge < -0.3 is 9.80 Å². The number of nitrogens with zero attached hydrogens (tertiary/aromatic N) is 2. The van der Waals surface area contributed by atoms with Crippen LogP contribution in [-0.4, -0.2) is 43.1 Å². The average molecular weight is 355 g/mol. The number of anilines is 1. The summed E-state index contributed by atoms with van der Waals surface area (Å²) in [5.74, 6) is 0.242. The molecule has 0 fully saturated rings. The maximum absolute atomic E-state index is 12.5. The molecule has 3 nitrogen and oxygen atoms in total. The molecule has 0 radical (unpaired) electrons. The SMILES string of the molecule is CC(=O)[C@@H]1Sc2ccccc2N(CCCN(C)C)[C@@H]1c1ccccc1. The molecule has 1 heterocycles. The Bertz CT molecular complexity index is 717. The van der Waals surface area contributed by atoms with Crippen LogP contribution < -0.4 is 4.90 Å². The lowest BCUT2D eigenvalue weighted by Crippen LogP contribution is -2.42. The van der Waals surface area contributed by atoms with E-state index in [1.165, 1.54) is 16.1 Å². The molecule has 0 aliphatic carbocycles. The molecule has 0 N–H and O–H groups in total. The molecule has 0 saturated carbocycles. The molecular weight excluding hydrogens is 328 g/mol. The zero-order valence-corrected chi connectivity index (χ0v) is 16.0. The molecule has 1 aliphatic rings. The van der Waals surface area contributed by atoms with Gasteiger partial charge in [0.2, 0.25) is 0 Å². The summed E-state index contributed by atoms with van der Waals surface area (Å²) in [6.07, 6.45) is 1.07. The highest BCUT2D eigenvalue weighted by Crippen LogP contribution is 2.47. The molecular formula is C21H26N2OS. The van der Waals surface area contributed by atoms with Crippen LogP contribution in [0, 0.1) is 0 Å². The number of thioether (sulfide) groups is 1. The molecule has 0 unspecified atom stereocenters. The molecule has 1 aliphatic heterocycles. The van der Waals surface area contributed by atoms with Crippen LogP contribution in [0.15, 0.2) is 59.5 Å². The maximum Gasteiger partial charge on any atom is 0.145 e. The smallest absolute Gasteiger partial charge is 0.145 e. The number of ketones is 1. The third-order valence-corrected chi connectivity index (χ3v) is 6.04. The van der Waals surface area contributed by atoms with Crippen LogP contribution in [0.5, 0.6) is 0 Å². The molecule has 0 amide bonds. The van der Waals surface area contributed by atoms with Gasteiger partial charge in [-0.3, -0.25) is 4.79 Å². The maximum atomic E-state index is 12.5. The van der Waals surface area contributed by atoms with E-state index in [0.29, 0.717) is 0 Å². The monoisotopic (exact) mass is 354 g/mol. The summed E-state index contributed by atoms with van der Waals surface area (Å²) in [6, 6.07) is 19.0. The first-order valence-electron chi connectivity index (χ1n) is 8.80. The number of carbonyl (C=O) groups excluding carboxylic acids is 1. The fraction of sp³-hybridized carbons (Fsp3) is 0.381. The predicted octanol–water partition coefficient (Wildman–Crippen LogP) is 4.25. The van der Waals surface area contributed by atoms with Gasteiger partial charge in [-0.25, -0.2) is 0 Å². The zero-order chi connectivity index (χ0) is 17.8. The minimum atomic E-state index is -0.0725. The Morgan fingerprint density at radius 3 is 2.44 bits per heavy atom. The van der Waals surface area contributed by atoms with E-state index in [1.807, 2.05) is 6.07 Å². The number of benzene rings is 2. The summed E-state index contributed by atoms with van der Waals surface area (Å²) >= 11 is 1.71. The van der Waals surface area contributed by atoms with Crippen molar-refractivity contribution < 1.29 is 4.79 Å². The number of rotatable bonds is 6. The highest BCUT2D eigenvalue weighted by atomic mass is 32.2. The summed E-state index contributed by atoms with van der Waals surface area (Å²) < 4.78 is 0. The van der Waals surface area contributed by atoms with Gasteiger partial charge in [0, 0.05) is 11.4 Å². The lowest BCUT2D eigenvalue weighted by molar-refractivity contribution is -0.116. The van der Waals surface area contributed by atoms with Crippen LogP contribution >= 0.6 is 11.8 Å². The van der Waals surface area contributed by atoms with Crippen LogP contribution in [0.25, 0.3) is 0 Å². The summed E-state index contributed by atoms with van der Waals surface area (Å²) in [7, 11) is 4.21. The molecule has 3 rings (SSSR count). The summed E-state index contributed by atoms with van der Waals surface area (Å²) in [4.78, 5) is 18.3. The van der Waals surface area contributed by atoms with Crippen molar-refractivity contribution in [2.45, 2.75) is 29.5 Å². The second-order valence-electron chi connectivity index (χ2n) is 6.82. The topological polar surface area (TPSA) is 23.6 Å². The summed E-state index contributed by atoms with van der Waals surface area (Å²) in [5, 5.41) is -0.0725. The number of para-hydroxylation sites is 1. The molecule has 0 saturated heterocycles. The van der Waals surface area contributed by atoms with Crippen molar-refractivity contribution in [1.82, 2.24) is 4.90 Å². The quantitative estimate of drug-likeness (QED) is 0.774. The molecule has 2 atom stereocenters. The summed E-state index contributed by atoms with van der Waals surface area (Å²) in [5.41, 5.74) is 2.46. The van der Waals surface area contributed by atoms with Crippen molar-refractivity contribution in [1.29, 1.82) is 0 Å². The van der Waals surface area contributed by atoms with E-state index >= 15 is 0 Å². The molecule has 2 aromatic carbocycles. The van der Waals surface area contributed by atoms with Crippen molar-refractivity contribution in [3.63, 3.8) is 0 Å². The third kappa shape index (κ3) is 4.07. The van der Waals surface area contributed by atoms with E-state index < -0.39 is 0 Å². The largest absolute Gasteiger partial charge is 0.362 e. The fourth-order valence-corrected chi connectivity index (χ4v) is 4.77. The van der Waals surface area contributed by atoms with Crippen molar-refractivity contribution in [3.8, 4) is 0 Å². The van der Waals surface area contributed by atoms with Crippen LogP contribution in [0.1, 0.15) is 24.9 Å². The van der Waals surface area contributed by atoms with E-state index in [0.717, 1.165) is 19.5 Å². The molecule has 132 valence electrons. The van der Waals surface area contributed by atoms with Crippen LogP contribution in [0.4, 0.5) is 5.69 Å². The zero-order valence-electron chi connectivity index (χ0n) is 15.2. The van der Waals surface area contributed by atoms with Crippen LogP contribution in [0.3, 0.4) is 0 Å². The van der Waals surface area contributed by atoms with Gasteiger partial charge in [-0.05, 0) is 51.7 Å². The highest BCUT2D eigenvalue weighted by Gasteiger charge is 2.38. The summed E-state index contributed by atoms with van der Waals surface area (Å²) in [6.45, 7) is 3.71. The first-order chi connectivity index (χ1) is 12.1. The highest BCUT2D eigenvalue weighted by molar-refractivity contribution is 8.01. The Hall–Kier alpha value is -1.78. The average Bonchev–Trinajstić information content (AvgIpc) is 2.61. The molecule has 0 aromatic heterocycles. The lowest BCUT2D eigenvalue weighted by atomic mass is 9.98. The number of carbonyl (C=O) groups is 1. The van der Waals surface area contributed by atoms with Crippen molar-refractivity contribution in [2.75, 3.05) is 32.1 Å². The minimum absolute atomic E-state index is 0.0725. The van der Waals surface area contributed by atoms with E-state index in [9.17, 15) is 4.79 Å². The molecule has 0 spiro atoms. The Balaban J connectivity index is 2.01. The third-order valence-electron chi connectivity index (χ3n) is 4.60. The predicted molar refractivity (Wildman–Crippen MR) is 106 cm³/mol. The van der Waals surface area contributed by atoms with Gasteiger partial charge in [-0.15, -0.1) is 11.8 Å². The Morgan fingerprint density at radius 2 is 1.76 bits per heavy atom. The Kier molecular flexibility index (Phi) is 5.82. The number of hydrogen-bond acceptors (Lipinski definition) is 4. The molecule has 4 heteroatoms. The normalized spacial score (nSPS) is 19.8. The molecule has 25 heavy (non-hydrogen) atoms. The lowest BCUT2D eigenvalue weighted by Gasteiger charge is -2.43. The number of hydrogen-bond donors (Lipinski definition) is 0. The van der Waals surface area contributed by atoms with Crippen molar-refractivity contribution in [2.24, 2.45) is 0 Å². The first-order valence-corrected chi connectivity index (χ1v) is 9.68. The minimum Gasteiger partial charge on any atom is -0.362 e. The van der Waals surface area contributed by atoms with Gasteiger partial charge in [-0.2, -0.15) is 0 Å². The fourth-order valence-electron chi connectivity index (χ4n) is 3.44. The Morgan fingerprint density at radius 1 is 1.08 bits per heavy atom. The van der Waals surface area contributed by atoms with Crippen molar-refractivity contribution >= 4 is 23.2 Å². The molecule has 2 aromatic rings. The first kappa shape index (κ1) is 18.0. The van der Waals surface area contributed by atoms with Gasteiger partial charge in [0.05, 0.1) is 17.0 Å². The van der Waals surface area contributed by atoms with Crippen LogP contribution in [0.2, 0.25) is 0 Å². The Labute approximate surface area is 155 Å². The van der Waals surface area contributed by atoms with Crippen molar-refractivity contribution in [3.05, 3.63) is 60.2 Å². The van der Waals surface area contributed by atoms with Crippen LogP contribution in [-0.2, 0) is 4.79 Å². The van der Waals surface area contributed by atoms with E-state index in [4.69, 9.17) is 0 Å². The number of fused-ring (bicyclic) bond motifs is 1. The van der Waals surface area contributed by atoms with E-state index in [-0.39, 0.29) is 17.1 Å². The van der Waals surface area contributed by atoms with Gasteiger partial charge >= 0.3 is 0 Å². The second kappa shape index (κ2) is 8.07. The number of Topliss-reactive ketones (excluding diaryl/α,β-unsaturated/α-hetero) is 1. The van der Waals surface area contributed by atoms with E-state index in [1.54, 1.807) is 18.7 Å². The standard InChI is InChI=1S/C21H26N2OS/c1-16(24)21-20(17-10-5-4-6-11-17)23(15-9-14-22(2)3)18-12-7-8-13-19(18)25-21/h4-8,10-13,20-21H,9,14-15H2,1-3H3/t20-,21+/m1/s1. The van der Waals surface area contributed by atoms with Gasteiger partial charge in [0.15, 0.2) is 0 Å². The second-order valence-corrected chi connectivity index (χ2v) is 8.01.